The normalized spacial score (nSPS) is 15.9. The van der Waals surface area contributed by atoms with Crippen molar-refractivity contribution in [3.8, 4) is 5.75 Å². The van der Waals surface area contributed by atoms with Gasteiger partial charge >= 0.3 is 0 Å². The number of thiazole rings is 1. The van der Waals surface area contributed by atoms with Crippen molar-refractivity contribution < 1.29 is 14.3 Å². The molecule has 0 spiro atoms. The summed E-state index contributed by atoms with van der Waals surface area (Å²) in [4.78, 5) is 29.4. The second-order valence-corrected chi connectivity index (χ2v) is 7.83. The van der Waals surface area contributed by atoms with Crippen LogP contribution in [-0.4, -0.2) is 23.8 Å². The Labute approximate surface area is 150 Å². The Kier molecular flexibility index (Phi) is 4.72. The first-order chi connectivity index (χ1) is 11.9. The van der Waals surface area contributed by atoms with Crippen LogP contribution in [0.25, 0.3) is 6.08 Å². The third-order valence-corrected chi connectivity index (χ3v) is 5.06. The molecule has 25 heavy (non-hydrogen) atoms. The lowest BCUT2D eigenvalue weighted by molar-refractivity contribution is -0.111. The minimum absolute atomic E-state index is 0.0757. The lowest BCUT2D eigenvalue weighted by Crippen LogP contribution is -2.26. The van der Waals surface area contributed by atoms with Gasteiger partial charge in [-0.3, -0.25) is 14.9 Å². The average molecular weight is 356 g/mol. The highest BCUT2D eigenvalue weighted by Crippen LogP contribution is 2.38. The Morgan fingerprint density at radius 2 is 2.00 bits per heavy atom. The van der Waals surface area contributed by atoms with Crippen LogP contribution in [0.3, 0.4) is 0 Å². The molecular weight excluding hydrogens is 336 g/mol. The molecule has 1 aromatic carbocycles. The van der Waals surface area contributed by atoms with Gasteiger partial charge in [0.1, 0.15) is 5.75 Å². The van der Waals surface area contributed by atoms with Crippen molar-refractivity contribution in [3.05, 3.63) is 46.5 Å². The van der Waals surface area contributed by atoms with Gasteiger partial charge in [-0.15, -0.1) is 0 Å². The molecule has 0 unspecified atom stereocenters. The van der Waals surface area contributed by atoms with E-state index in [0.29, 0.717) is 16.4 Å². The molecule has 0 aliphatic heterocycles. The summed E-state index contributed by atoms with van der Waals surface area (Å²) in [5.41, 5.74) is 1.61. The fourth-order valence-corrected chi connectivity index (χ4v) is 3.73. The number of nitrogens with one attached hydrogen (secondary N) is 1. The predicted molar refractivity (Wildman–Crippen MR) is 99.2 cm³/mol. The third-order valence-electron chi connectivity index (χ3n) is 4.01. The number of methoxy groups -OCH3 is 1. The van der Waals surface area contributed by atoms with Gasteiger partial charge in [0.15, 0.2) is 10.9 Å². The molecule has 6 heteroatoms. The number of rotatable bonds is 4. The number of anilines is 1. The minimum atomic E-state index is -0.270. The summed E-state index contributed by atoms with van der Waals surface area (Å²) in [7, 11) is 1.61. The molecule has 0 fully saturated rings. The van der Waals surface area contributed by atoms with Gasteiger partial charge in [-0.1, -0.05) is 37.3 Å². The average Bonchev–Trinajstić information content (AvgIpc) is 2.94. The number of ketones is 1. The minimum Gasteiger partial charge on any atom is -0.497 e. The van der Waals surface area contributed by atoms with Crippen LogP contribution in [0.1, 0.15) is 41.2 Å². The highest BCUT2D eigenvalue weighted by molar-refractivity contribution is 7.17. The Hall–Kier alpha value is -2.47. The van der Waals surface area contributed by atoms with E-state index in [1.165, 1.54) is 17.4 Å². The molecule has 1 amide bonds. The summed E-state index contributed by atoms with van der Waals surface area (Å²) in [5, 5.41) is 3.22. The fraction of sp³-hybridized carbons (Fsp3) is 0.316. The van der Waals surface area contributed by atoms with Crippen molar-refractivity contribution in [2.24, 2.45) is 5.41 Å². The number of fused-ring (bicyclic) bond motifs is 1. The van der Waals surface area contributed by atoms with E-state index >= 15 is 0 Å². The Bertz CT molecular complexity index is 835. The summed E-state index contributed by atoms with van der Waals surface area (Å²) < 4.78 is 5.10. The number of carbonyl (C=O) groups excluding carboxylic acids is 2. The van der Waals surface area contributed by atoms with Gasteiger partial charge in [-0.05, 0) is 35.6 Å². The number of amides is 1. The van der Waals surface area contributed by atoms with Crippen molar-refractivity contribution in [2.75, 3.05) is 12.4 Å². The quantitative estimate of drug-likeness (QED) is 0.842. The van der Waals surface area contributed by atoms with Gasteiger partial charge in [0.25, 0.3) is 0 Å². The van der Waals surface area contributed by atoms with Crippen LogP contribution in [0.4, 0.5) is 5.13 Å². The second kappa shape index (κ2) is 6.80. The van der Waals surface area contributed by atoms with Gasteiger partial charge in [-0.25, -0.2) is 4.98 Å². The third kappa shape index (κ3) is 4.14. The fourth-order valence-electron chi connectivity index (χ4n) is 2.81. The van der Waals surface area contributed by atoms with E-state index in [1.807, 2.05) is 24.3 Å². The molecule has 1 heterocycles. The lowest BCUT2D eigenvalue weighted by Gasteiger charge is -2.26. The molecule has 1 aliphatic rings. The van der Waals surface area contributed by atoms with Crippen LogP contribution < -0.4 is 10.1 Å². The molecule has 1 N–H and O–H groups in total. The molecule has 1 aliphatic carbocycles. The van der Waals surface area contributed by atoms with Crippen LogP contribution in [0.2, 0.25) is 0 Å². The number of ether oxygens (including phenoxy) is 1. The molecule has 0 atom stereocenters. The van der Waals surface area contributed by atoms with E-state index in [4.69, 9.17) is 4.74 Å². The predicted octanol–water partition coefficient (Wildman–Crippen LogP) is 3.96. The van der Waals surface area contributed by atoms with Crippen LogP contribution in [0, 0.1) is 5.41 Å². The molecule has 0 radical (unpaired) electrons. The van der Waals surface area contributed by atoms with Crippen molar-refractivity contribution in [1.82, 2.24) is 4.98 Å². The summed E-state index contributed by atoms with van der Waals surface area (Å²) in [5.74, 6) is 0.606. The molecule has 3 rings (SSSR count). The standard InChI is InChI=1S/C19H20N2O3S/c1-19(2)10-14-17(15(22)11-19)25-18(20-14)21-16(23)9-6-12-4-7-13(24-3)8-5-12/h4-9H,10-11H2,1-3H3,(H,20,21,23)/b9-6+. The van der Waals surface area contributed by atoms with Crippen LogP contribution in [-0.2, 0) is 11.2 Å². The first kappa shape index (κ1) is 17.4. The lowest BCUT2D eigenvalue weighted by atomic mass is 9.78. The van der Waals surface area contributed by atoms with Crippen LogP contribution in [0.5, 0.6) is 5.75 Å². The number of nitrogens with zero attached hydrogens (tertiary/aromatic N) is 1. The number of carbonyl (C=O) groups is 2. The van der Waals surface area contributed by atoms with Crippen molar-refractivity contribution in [1.29, 1.82) is 0 Å². The molecule has 0 bridgehead atoms. The van der Waals surface area contributed by atoms with Crippen molar-refractivity contribution in [3.63, 3.8) is 0 Å². The monoisotopic (exact) mass is 356 g/mol. The van der Waals surface area contributed by atoms with Crippen molar-refractivity contribution in [2.45, 2.75) is 26.7 Å². The second-order valence-electron chi connectivity index (χ2n) is 6.83. The smallest absolute Gasteiger partial charge is 0.250 e. The summed E-state index contributed by atoms with van der Waals surface area (Å²) in [6.07, 6.45) is 4.44. The molecular formula is C19H20N2O3S. The van der Waals surface area contributed by atoms with Crippen molar-refractivity contribution >= 4 is 34.2 Å². The van der Waals surface area contributed by atoms with Gasteiger partial charge in [0, 0.05) is 12.5 Å². The zero-order chi connectivity index (χ0) is 18.0. The SMILES string of the molecule is COc1ccc(/C=C/C(=O)Nc2nc3c(s2)C(=O)CC(C)(C)C3)cc1. The zero-order valence-corrected chi connectivity index (χ0v) is 15.3. The van der Waals surface area contributed by atoms with Gasteiger partial charge in [0.2, 0.25) is 5.91 Å². The van der Waals surface area contributed by atoms with E-state index in [2.05, 4.69) is 24.1 Å². The van der Waals surface area contributed by atoms with E-state index in [1.54, 1.807) is 13.2 Å². The Morgan fingerprint density at radius 1 is 1.28 bits per heavy atom. The highest BCUT2D eigenvalue weighted by Gasteiger charge is 2.33. The van der Waals surface area contributed by atoms with E-state index in [-0.39, 0.29) is 17.1 Å². The number of hydrogen-bond donors (Lipinski definition) is 1. The highest BCUT2D eigenvalue weighted by atomic mass is 32.1. The summed E-state index contributed by atoms with van der Waals surface area (Å²) in [6.45, 7) is 4.12. The Morgan fingerprint density at radius 3 is 2.68 bits per heavy atom. The molecule has 130 valence electrons. The number of aromatic nitrogens is 1. The molecule has 0 saturated heterocycles. The van der Waals surface area contributed by atoms with Gasteiger partial charge in [-0.2, -0.15) is 0 Å². The maximum atomic E-state index is 12.2. The summed E-state index contributed by atoms with van der Waals surface area (Å²) >= 11 is 1.26. The largest absolute Gasteiger partial charge is 0.497 e. The summed E-state index contributed by atoms with van der Waals surface area (Å²) in [6, 6.07) is 7.40. The molecule has 1 aromatic heterocycles. The van der Waals surface area contributed by atoms with Gasteiger partial charge < -0.3 is 4.74 Å². The maximum Gasteiger partial charge on any atom is 0.250 e. The Balaban J connectivity index is 1.67. The zero-order valence-electron chi connectivity index (χ0n) is 14.5. The topological polar surface area (TPSA) is 68.3 Å². The first-order valence-electron chi connectivity index (χ1n) is 8.02. The molecule has 5 nitrogen and oxygen atoms in total. The van der Waals surface area contributed by atoms with E-state index in [9.17, 15) is 9.59 Å². The van der Waals surface area contributed by atoms with E-state index in [0.717, 1.165) is 23.4 Å². The first-order valence-corrected chi connectivity index (χ1v) is 8.84. The molecule has 0 saturated carbocycles. The maximum absolute atomic E-state index is 12.2. The van der Waals surface area contributed by atoms with Crippen LogP contribution in [0.15, 0.2) is 30.3 Å². The van der Waals surface area contributed by atoms with Crippen LogP contribution >= 0.6 is 11.3 Å². The van der Waals surface area contributed by atoms with E-state index < -0.39 is 0 Å². The number of benzene rings is 1. The molecule has 2 aromatic rings. The van der Waals surface area contributed by atoms with Gasteiger partial charge in [0.05, 0.1) is 17.7 Å². The number of Topliss-reactive ketones (excluding diaryl/α,β-unsaturated/α-hetero) is 1. The number of hydrogen-bond acceptors (Lipinski definition) is 5.